The highest BCUT2D eigenvalue weighted by Crippen LogP contribution is 2.27. The first kappa shape index (κ1) is 13.8. The highest BCUT2D eigenvalue weighted by molar-refractivity contribution is 7.89. The second kappa shape index (κ2) is 5.57. The highest BCUT2D eigenvalue weighted by atomic mass is 35.5. The Hall–Kier alpha value is -0.620. The summed E-state index contributed by atoms with van der Waals surface area (Å²) in [6, 6.07) is 5.99. The van der Waals surface area contributed by atoms with E-state index >= 15 is 0 Å². The number of aliphatic hydroxyl groups is 1. The van der Waals surface area contributed by atoms with Crippen LogP contribution in [0.1, 0.15) is 19.3 Å². The molecule has 18 heavy (non-hydrogen) atoms. The van der Waals surface area contributed by atoms with Crippen molar-refractivity contribution < 1.29 is 13.5 Å². The van der Waals surface area contributed by atoms with Crippen LogP contribution in [0, 0.1) is 5.92 Å². The Balaban J connectivity index is 2.17. The van der Waals surface area contributed by atoms with Crippen molar-refractivity contribution in [2.24, 2.45) is 5.92 Å². The molecule has 1 fully saturated rings. The van der Waals surface area contributed by atoms with E-state index < -0.39 is 10.0 Å². The number of hydrogen-bond acceptors (Lipinski definition) is 3. The molecule has 0 bridgehead atoms. The van der Waals surface area contributed by atoms with E-state index in [-0.39, 0.29) is 23.5 Å². The largest absolute Gasteiger partial charge is 0.396 e. The van der Waals surface area contributed by atoms with Crippen LogP contribution in [0.3, 0.4) is 0 Å². The first-order chi connectivity index (χ1) is 8.53. The van der Waals surface area contributed by atoms with E-state index in [1.165, 1.54) is 12.1 Å². The molecule has 0 spiro atoms. The van der Waals surface area contributed by atoms with E-state index in [0.717, 1.165) is 19.3 Å². The fraction of sp³-hybridized carbons (Fsp3) is 0.500. The lowest BCUT2D eigenvalue weighted by molar-refractivity contribution is 0.213. The average molecular weight is 290 g/mol. The van der Waals surface area contributed by atoms with E-state index in [1.54, 1.807) is 12.1 Å². The molecule has 2 rings (SSSR count). The number of rotatable bonds is 4. The quantitative estimate of drug-likeness (QED) is 0.888. The van der Waals surface area contributed by atoms with Gasteiger partial charge in [0, 0.05) is 17.7 Å². The van der Waals surface area contributed by atoms with Crippen LogP contribution in [0.4, 0.5) is 0 Å². The maximum Gasteiger partial charge on any atom is 0.240 e. The van der Waals surface area contributed by atoms with Gasteiger partial charge in [0.05, 0.1) is 4.90 Å². The maximum absolute atomic E-state index is 12.2. The van der Waals surface area contributed by atoms with Crippen molar-refractivity contribution in [1.29, 1.82) is 0 Å². The van der Waals surface area contributed by atoms with Crippen molar-refractivity contribution in [3.63, 3.8) is 0 Å². The van der Waals surface area contributed by atoms with Gasteiger partial charge in [0.25, 0.3) is 0 Å². The molecule has 1 aliphatic carbocycles. The molecule has 0 aromatic heterocycles. The number of nitrogens with one attached hydrogen (secondary N) is 1. The normalized spacial score (nSPS) is 24.3. The Labute approximate surface area is 112 Å². The average Bonchev–Trinajstić information content (AvgIpc) is 2.75. The molecule has 0 heterocycles. The minimum atomic E-state index is -3.55. The molecule has 2 atom stereocenters. The minimum Gasteiger partial charge on any atom is -0.396 e. The summed E-state index contributed by atoms with van der Waals surface area (Å²) in [7, 11) is -3.55. The van der Waals surface area contributed by atoms with Crippen LogP contribution in [0.15, 0.2) is 29.2 Å². The van der Waals surface area contributed by atoms with Gasteiger partial charge in [-0.1, -0.05) is 24.1 Å². The molecule has 1 aliphatic rings. The summed E-state index contributed by atoms with van der Waals surface area (Å²) in [6.07, 6.45) is 2.57. The molecular formula is C12H16ClNO3S. The summed E-state index contributed by atoms with van der Waals surface area (Å²) in [4.78, 5) is 0.165. The van der Waals surface area contributed by atoms with Crippen molar-refractivity contribution >= 4 is 21.6 Å². The van der Waals surface area contributed by atoms with E-state index in [4.69, 9.17) is 11.6 Å². The highest BCUT2D eigenvalue weighted by Gasteiger charge is 2.30. The standard InChI is InChI=1S/C12H16ClNO3S/c13-10-4-2-5-11(7-10)18(16,17)14-12-6-1-3-9(12)8-15/h2,4-5,7,9,12,14-15H,1,3,6,8H2. The third kappa shape index (κ3) is 3.03. The van der Waals surface area contributed by atoms with Gasteiger partial charge in [-0.25, -0.2) is 13.1 Å². The monoisotopic (exact) mass is 289 g/mol. The predicted octanol–water partition coefficient (Wildman–Crippen LogP) is 1.78. The Morgan fingerprint density at radius 2 is 2.17 bits per heavy atom. The van der Waals surface area contributed by atoms with Crippen LogP contribution in [0.2, 0.25) is 5.02 Å². The first-order valence-electron chi connectivity index (χ1n) is 5.91. The van der Waals surface area contributed by atoms with E-state index in [2.05, 4.69) is 4.72 Å². The number of halogens is 1. The van der Waals surface area contributed by atoms with Gasteiger partial charge in [-0.15, -0.1) is 0 Å². The lowest BCUT2D eigenvalue weighted by atomic mass is 10.1. The van der Waals surface area contributed by atoms with Crippen LogP contribution < -0.4 is 4.72 Å². The lowest BCUT2D eigenvalue weighted by Gasteiger charge is -2.19. The van der Waals surface area contributed by atoms with Gasteiger partial charge in [0.1, 0.15) is 0 Å². The number of benzene rings is 1. The second-order valence-corrected chi connectivity index (χ2v) is 6.71. The molecule has 4 nitrogen and oxygen atoms in total. The van der Waals surface area contributed by atoms with Crippen molar-refractivity contribution in [2.45, 2.75) is 30.2 Å². The zero-order valence-corrected chi connectivity index (χ0v) is 11.4. The topological polar surface area (TPSA) is 66.4 Å². The Morgan fingerprint density at radius 3 is 2.83 bits per heavy atom. The summed E-state index contributed by atoms with van der Waals surface area (Å²) in [5.41, 5.74) is 0. The van der Waals surface area contributed by atoms with Gasteiger partial charge in [0.2, 0.25) is 10.0 Å². The van der Waals surface area contributed by atoms with Gasteiger partial charge in [-0.2, -0.15) is 0 Å². The molecule has 2 N–H and O–H groups in total. The fourth-order valence-corrected chi connectivity index (χ4v) is 3.95. The van der Waals surface area contributed by atoms with Gasteiger partial charge >= 0.3 is 0 Å². The summed E-state index contributed by atoms with van der Waals surface area (Å²) >= 11 is 5.79. The Kier molecular flexibility index (Phi) is 4.27. The molecule has 1 aromatic rings. The zero-order valence-electron chi connectivity index (χ0n) is 9.84. The van der Waals surface area contributed by atoms with Crippen LogP contribution in [0.5, 0.6) is 0 Å². The summed E-state index contributed by atoms with van der Waals surface area (Å²) in [5, 5.41) is 9.58. The summed E-state index contributed by atoms with van der Waals surface area (Å²) in [6.45, 7) is 0.0166. The number of aliphatic hydroxyl groups excluding tert-OH is 1. The third-order valence-corrected chi connectivity index (χ3v) is 5.03. The van der Waals surface area contributed by atoms with Gasteiger partial charge in [-0.3, -0.25) is 0 Å². The second-order valence-electron chi connectivity index (χ2n) is 4.56. The Morgan fingerprint density at radius 1 is 1.39 bits per heavy atom. The predicted molar refractivity (Wildman–Crippen MR) is 70.0 cm³/mol. The molecular weight excluding hydrogens is 274 g/mol. The molecule has 2 unspecified atom stereocenters. The molecule has 0 amide bonds. The lowest BCUT2D eigenvalue weighted by Crippen LogP contribution is -2.38. The molecule has 0 aliphatic heterocycles. The molecule has 1 aromatic carbocycles. The molecule has 0 radical (unpaired) electrons. The van der Waals surface area contributed by atoms with Gasteiger partial charge < -0.3 is 5.11 Å². The zero-order chi connectivity index (χ0) is 13.2. The SMILES string of the molecule is O=S(=O)(NC1CCCC1CO)c1cccc(Cl)c1. The van der Waals surface area contributed by atoms with Crippen LogP contribution in [-0.2, 0) is 10.0 Å². The van der Waals surface area contributed by atoms with Crippen molar-refractivity contribution in [3.05, 3.63) is 29.3 Å². The molecule has 6 heteroatoms. The molecule has 100 valence electrons. The first-order valence-corrected chi connectivity index (χ1v) is 7.78. The summed E-state index contributed by atoms with van der Waals surface area (Å²) in [5.74, 6) is 0.0129. The van der Waals surface area contributed by atoms with E-state index in [1.807, 2.05) is 0 Å². The van der Waals surface area contributed by atoms with Crippen LogP contribution >= 0.6 is 11.6 Å². The van der Waals surface area contributed by atoms with Gasteiger partial charge in [0.15, 0.2) is 0 Å². The van der Waals surface area contributed by atoms with Crippen molar-refractivity contribution in [1.82, 2.24) is 4.72 Å². The van der Waals surface area contributed by atoms with E-state index in [9.17, 15) is 13.5 Å². The molecule has 0 saturated heterocycles. The fourth-order valence-electron chi connectivity index (χ4n) is 2.31. The third-order valence-electron chi connectivity index (χ3n) is 3.31. The van der Waals surface area contributed by atoms with E-state index in [0.29, 0.717) is 5.02 Å². The molecule has 1 saturated carbocycles. The van der Waals surface area contributed by atoms with Gasteiger partial charge in [-0.05, 0) is 37.0 Å². The smallest absolute Gasteiger partial charge is 0.240 e. The maximum atomic E-state index is 12.2. The van der Waals surface area contributed by atoms with Crippen molar-refractivity contribution in [2.75, 3.05) is 6.61 Å². The minimum absolute atomic E-state index is 0.0129. The summed E-state index contributed by atoms with van der Waals surface area (Å²) < 4.78 is 27.0. The Bertz CT molecular complexity index is 518. The van der Waals surface area contributed by atoms with Crippen molar-refractivity contribution in [3.8, 4) is 0 Å². The number of sulfonamides is 1. The van der Waals surface area contributed by atoms with Crippen LogP contribution in [-0.4, -0.2) is 26.2 Å². The number of hydrogen-bond donors (Lipinski definition) is 2. The van der Waals surface area contributed by atoms with Crippen LogP contribution in [0.25, 0.3) is 0 Å².